The number of nitrogens with zero attached hydrogens (tertiary/aromatic N) is 4. The molecule has 0 saturated carbocycles. The monoisotopic (exact) mass is 358 g/mol. The van der Waals surface area contributed by atoms with Gasteiger partial charge in [0.25, 0.3) is 5.91 Å². The highest BCUT2D eigenvalue weighted by Gasteiger charge is 2.20. The fourth-order valence-electron chi connectivity index (χ4n) is 2.92. The van der Waals surface area contributed by atoms with Gasteiger partial charge in [-0.15, -0.1) is 0 Å². The van der Waals surface area contributed by atoms with Crippen LogP contribution in [0.4, 0.5) is 0 Å². The van der Waals surface area contributed by atoms with E-state index in [0.29, 0.717) is 17.8 Å². The molecule has 2 aromatic carbocycles. The van der Waals surface area contributed by atoms with Crippen LogP contribution in [0, 0.1) is 0 Å². The van der Waals surface area contributed by atoms with E-state index in [1.807, 2.05) is 66.9 Å². The van der Waals surface area contributed by atoms with Crippen LogP contribution in [-0.2, 0) is 6.54 Å². The molecule has 0 unspecified atom stereocenters. The highest BCUT2D eigenvalue weighted by Crippen LogP contribution is 2.23. The summed E-state index contributed by atoms with van der Waals surface area (Å²) in [6.45, 7) is 0.484. The molecule has 0 N–H and O–H groups in total. The third-order valence-corrected chi connectivity index (χ3v) is 4.32. The summed E-state index contributed by atoms with van der Waals surface area (Å²) in [6, 6.07) is 19.4. The standard InChI is InChI=1S/C21H18N4O2/c1-24(14-16-8-10-18(11-9-16)25-13-5-12-22-25)21(26)19-15-27-23-20(19)17-6-3-2-4-7-17/h2-13,15H,14H2,1H3. The Labute approximate surface area is 156 Å². The van der Waals surface area contributed by atoms with Gasteiger partial charge in [-0.1, -0.05) is 47.6 Å². The smallest absolute Gasteiger partial charge is 0.259 e. The number of aromatic nitrogens is 3. The molecule has 0 radical (unpaired) electrons. The molecule has 27 heavy (non-hydrogen) atoms. The van der Waals surface area contributed by atoms with Gasteiger partial charge >= 0.3 is 0 Å². The van der Waals surface area contributed by atoms with E-state index in [-0.39, 0.29) is 5.91 Å². The Balaban J connectivity index is 1.50. The first-order chi connectivity index (χ1) is 13.2. The Kier molecular flexibility index (Phi) is 4.53. The van der Waals surface area contributed by atoms with Crippen LogP contribution in [0.25, 0.3) is 16.9 Å². The summed E-state index contributed by atoms with van der Waals surface area (Å²) < 4.78 is 6.87. The Morgan fingerprint density at radius 2 is 1.85 bits per heavy atom. The molecule has 0 aliphatic carbocycles. The maximum Gasteiger partial charge on any atom is 0.259 e. The van der Waals surface area contributed by atoms with Crippen LogP contribution in [0.1, 0.15) is 15.9 Å². The summed E-state index contributed by atoms with van der Waals surface area (Å²) in [5, 5.41) is 8.22. The van der Waals surface area contributed by atoms with E-state index in [1.165, 1.54) is 6.26 Å². The van der Waals surface area contributed by atoms with Gasteiger partial charge in [-0.2, -0.15) is 5.10 Å². The second-order valence-electron chi connectivity index (χ2n) is 6.22. The zero-order valence-electron chi connectivity index (χ0n) is 14.8. The van der Waals surface area contributed by atoms with Crippen LogP contribution in [0.15, 0.2) is 83.8 Å². The van der Waals surface area contributed by atoms with Crippen LogP contribution in [0.3, 0.4) is 0 Å². The molecule has 0 spiro atoms. The molecule has 0 aliphatic rings. The van der Waals surface area contributed by atoms with Gasteiger partial charge in [0.05, 0.1) is 5.69 Å². The molecule has 4 aromatic rings. The average Bonchev–Trinajstić information content (AvgIpc) is 3.41. The lowest BCUT2D eigenvalue weighted by molar-refractivity contribution is 0.0785. The first-order valence-electron chi connectivity index (χ1n) is 8.56. The molecule has 0 atom stereocenters. The summed E-state index contributed by atoms with van der Waals surface area (Å²) in [7, 11) is 1.77. The lowest BCUT2D eigenvalue weighted by atomic mass is 10.1. The predicted molar refractivity (Wildman–Crippen MR) is 101 cm³/mol. The van der Waals surface area contributed by atoms with Crippen molar-refractivity contribution >= 4 is 5.91 Å². The van der Waals surface area contributed by atoms with Gasteiger partial charge in [-0.05, 0) is 23.8 Å². The molecule has 4 rings (SSSR count). The van der Waals surface area contributed by atoms with Crippen LogP contribution >= 0.6 is 0 Å². The lowest BCUT2D eigenvalue weighted by Crippen LogP contribution is -2.26. The largest absolute Gasteiger partial charge is 0.363 e. The van der Waals surface area contributed by atoms with Gasteiger partial charge < -0.3 is 9.42 Å². The van der Waals surface area contributed by atoms with Gasteiger partial charge in [0.15, 0.2) is 0 Å². The lowest BCUT2D eigenvalue weighted by Gasteiger charge is -2.17. The molecule has 1 amide bonds. The molecule has 6 heteroatoms. The molecule has 6 nitrogen and oxygen atoms in total. The highest BCUT2D eigenvalue weighted by atomic mass is 16.5. The van der Waals surface area contributed by atoms with E-state index in [0.717, 1.165) is 16.8 Å². The minimum absolute atomic E-state index is 0.133. The molecule has 134 valence electrons. The van der Waals surface area contributed by atoms with Gasteiger partial charge in [0.1, 0.15) is 17.5 Å². The molecule has 2 heterocycles. The van der Waals surface area contributed by atoms with Gasteiger partial charge in [-0.25, -0.2) is 4.68 Å². The van der Waals surface area contributed by atoms with Crippen molar-refractivity contribution in [3.63, 3.8) is 0 Å². The second kappa shape index (κ2) is 7.29. The summed E-state index contributed by atoms with van der Waals surface area (Å²) in [4.78, 5) is 14.5. The summed E-state index contributed by atoms with van der Waals surface area (Å²) in [5.74, 6) is -0.133. The fraction of sp³-hybridized carbons (Fsp3) is 0.0952. The van der Waals surface area contributed by atoms with Gasteiger partial charge in [0.2, 0.25) is 0 Å². The normalized spacial score (nSPS) is 10.7. The van der Waals surface area contributed by atoms with Crippen molar-refractivity contribution in [1.29, 1.82) is 0 Å². The highest BCUT2D eigenvalue weighted by molar-refractivity contribution is 5.99. The van der Waals surface area contributed by atoms with E-state index in [2.05, 4.69) is 10.3 Å². The number of hydrogen-bond donors (Lipinski definition) is 0. The topological polar surface area (TPSA) is 64.2 Å². The number of carbonyl (C=O) groups excluding carboxylic acids is 1. The number of carbonyl (C=O) groups is 1. The number of amides is 1. The van der Waals surface area contributed by atoms with E-state index in [9.17, 15) is 4.79 Å². The Morgan fingerprint density at radius 3 is 2.56 bits per heavy atom. The summed E-state index contributed by atoms with van der Waals surface area (Å²) in [5.41, 5.74) is 3.87. The Morgan fingerprint density at radius 1 is 1.07 bits per heavy atom. The predicted octanol–water partition coefficient (Wildman–Crippen LogP) is 3.80. The van der Waals surface area contributed by atoms with Crippen LogP contribution in [0.5, 0.6) is 0 Å². The maximum absolute atomic E-state index is 12.9. The van der Waals surface area contributed by atoms with Gasteiger partial charge in [0, 0.05) is 31.5 Å². The van der Waals surface area contributed by atoms with Crippen LogP contribution < -0.4 is 0 Å². The molecule has 2 aromatic heterocycles. The van der Waals surface area contributed by atoms with E-state index in [4.69, 9.17) is 4.52 Å². The summed E-state index contributed by atoms with van der Waals surface area (Å²) in [6.07, 6.45) is 5.03. The van der Waals surface area contributed by atoms with Crippen LogP contribution in [-0.4, -0.2) is 32.8 Å². The van der Waals surface area contributed by atoms with Crippen molar-refractivity contribution < 1.29 is 9.32 Å². The minimum atomic E-state index is -0.133. The van der Waals surface area contributed by atoms with Crippen LogP contribution in [0.2, 0.25) is 0 Å². The zero-order chi connectivity index (χ0) is 18.6. The third kappa shape index (κ3) is 3.50. The molecular formula is C21H18N4O2. The van der Waals surface area contributed by atoms with E-state index >= 15 is 0 Å². The maximum atomic E-state index is 12.9. The molecule has 0 fully saturated rings. The molecule has 0 bridgehead atoms. The van der Waals surface area contributed by atoms with Crippen molar-refractivity contribution in [2.45, 2.75) is 6.54 Å². The molecule has 0 aliphatic heterocycles. The fourth-order valence-corrected chi connectivity index (χ4v) is 2.92. The van der Waals surface area contributed by atoms with Crippen molar-refractivity contribution in [2.24, 2.45) is 0 Å². The quantitative estimate of drug-likeness (QED) is 0.544. The van der Waals surface area contributed by atoms with E-state index in [1.54, 1.807) is 22.8 Å². The average molecular weight is 358 g/mol. The number of hydrogen-bond acceptors (Lipinski definition) is 4. The summed E-state index contributed by atoms with van der Waals surface area (Å²) >= 11 is 0. The van der Waals surface area contributed by atoms with Gasteiger partial charge in [-0.3, -0.25) is 4.79 Å². The van der Waals surface area contributed by atoms with Crippen molar-refractivity contribution in [3.05, 3.63) is 90.4 Å². The first-order valence-corrected chi connectivity index (χ1v) is 8.56. The van der Waals surface area contributed by atoms with E-state index < -0.39 is 0 Å². The minimum Gasteiger partial charge on any atom is -0.363 e. The number of benzene rings is 2. The van der Waals surface area contributed by atoms with Crippen molar-refractivity contribution in [1.82, 2.24) is 19.8 Å². The Hall–Kier alpha value is -3.67. The second-order valence-corrected chi connectivity index (χ2v) is 6.22. The van der Waals surface area contributed by atoms with Crippen molar-refractivity contribution in [3.8, 4) is 16.9 Å². The third-order valence-electron chi connectivity index (χ3n) is 4.32. The zero-order valence-corrected chi connectivity index (χ0v) is 14.8. The number of rotatable bonds is 5. The first kappa shape index (κ1) is 16.8. The molecular weight excluding hydrogens is 340 g/mol. The molecule has 0 saturated heterocycles. The Bertz CT molecular complexity index is 1020. The van der Waals surface area contributed by atoms with Crippen molar-refractivity contribution in [2.75, 3.05) is 7.05 Å². The SMILES string of the molecule is CN(Cc1ccc(-n2cccn2)cc1)C(=O)c1conc1-c1ccccc1.